The molecule has 0 amide bonds. The second-order valence-electron chi connectivity index (χ2n) is 8.68. The fourth-order valence-corrected chi connectivity index (χ4v) is 5.09. The molecule has 0 saturated heterocycles. The number of fused-ring (bicyclic) bond motifs is 2. The highest BCUT2D eigenvalue weighted by Gasteiger charge is 2.58. The van der Waals surface area contributed by atoms with Crippen LogP contribution in [0.4, 0.5) is 11.4 Å². The average Bonchev–Trinajstić information content (AvgIpc) is 2.97. The maximum atomic E-state index is 12.0. The third-order valence-corrected chi connectivity index (χ3v) is 6.79. The molecule has 0 N–H and O–H groups in total. The normalized spacial score (nSPS) is 19.9. The number of nitro groups is 1. The number of hydrogen-bond acceptors (Lipinski definition) is 5. The van der Waals surface area contributed by atoms with Gasteiger partial charge in [0.05, 0.1) is 17.4 Å². The van der Waals surface area contributed by atoms with Crippen molar-refractivity contribution < 1.29 is 14.4 Å². The van der Waals surface area contributed by atoms with Gasteiger partial charge in [0.1, 0.15) is 5.56 Å². The molecular weight excluding hydrogens is 404 g/mol. The van der Waals surface area contributed by atoms with Crippen molar-refractivity contribution in [3.8, 4) is 22.6 Å². The van der Waals surface area contributed by atoms with Crippen LogP contribution in [-0.2, 0) is 5.41 Å². The maximum absolute atomic E-state index is 12.0. The SMILES string of the molecule is COc1c2c(cc([N+](=O)[O-])c1-c1ccccc1)C=CC1(O2)N(C)c2ccccc2C1(C)C. The van der Waals surface area contributed by atoms with Crippen LogP contribution in [0.15, 0.2) is 66.7 Å². The number of methoxy groups -OCH3 is 1. The van der Waals surface area contributed by atoms with Crippen LogP contribution in [-0.4, -0.2) is 24.8 Å². The highest BCUT2D eigenvalue weighted by molar-refractivity contribution is 5.87. The highest BCUT2D eigenvalue weighted by Crippen LogP contribution is 2.57. The van der Waals surface area contributed by atoms with E-state index >= 15 is 0 Å². The lowest BCUT2D eigenvalue weighted by Gasteiger charge is -2.46. The molecule has 6 nitrogen and oxygen atoms in total. The molecule has 0 bridgehead atoms. The molecule has 6 heteroatoms. The number of nitro benzene ring substituents is 1. The molecule has 0 radical (unpaired) electrons. The van der Waals surface area contributed by atoms with Crippen LogP contribution in [0.3, 0.4) is 0 Å². The molecule has 2 aliphatic rings. The first-order chi connectivity index (χ1) is 15.3. The van der Waals surface area contributed by atoms with Crippen LogP contribution < -0.4 is 14.4 Å². The lowest BCUT2D eigenvalue weighted by Crippen LogP contribution is -2.58. The standard InChI is InChI=1S/C26H24N2O4/c1-25(2)19-12-8-9-13-20(19)27(3)26(25)15-14-18-16-21(28(29)30)22(17-10-6-5-7-11-17)24(31-4)23(18)32-26/h5-16H,1-4H3. The molecular formula is C26H24N2O4. The molecule has 0 aromatic heterocycles. The summed E-state index contributed by atoms with van der Waals surface area (Å²) in [6, 6.07) is 19.1. The zero-order valence-corrected chi connectivity index (χ0v) is 18.5. The Kier molecular flexibility index (Phi) is 4.31. The van der Waals surface area contributed by atoms with E-state index in [4.69, 9.17) is 9.47 Å². The van der Waals surface area contributed by atoms with E-state index in [1.807, 2.05) is 61.7 Å². The van der Waals surface area contributed by atoms with Gasteiger partial charge in [-0.2, -0.15) is 0 Å². The molecule has 3 aromatic carbocycles. The lowest BCUT2D eigenvalue weighted by molar-refractivity contribution is -0.384. The van der Waals surface area contributed by atoms with Crippen LogP contribution in [0.2, 0.25) is 0 Å². The smallest absolute Gasteiger partial charge is 0.281 e. The first kappa shape index (κ1) is 20.1. The van der Waals surface area contributed by atoms with E-state index in [9.17, 15) is 10.1 Å². The highest BCUT2D eigenvalue weighted by atomic mass is 16.6. The summed E-state index contributed by atoms with van der Waals surface area (Å²) in [5, 5.41) is 12.0. The monoisotopic (exact) mass is 428 g/mol. The first-order valence-corrected chi connectivity index (χ1v) is 10.5. The van der Waals surface area contributed by atoms with Gasteiger partial charge in [0.25, 0.3) is 5.69 Å². The van der Waals surface area contributed by atoms with E-state index in [0.29, 0.717) is 28.2 Å². The van der Waals surface area contributed by atoms with E-state index in [1.165, 1.54) is 12.7 Å². The van der Waals surface area contributed by atoms with Crippen LogP contribution in [0.5, 0.6) is 11.5 Å². The number of ether oxygens (including phenoxy) is 2. The van der Waals surface area contributed by atoms with Crippen molar-refractivity contribution in [3.63, 3.8) is 0 Å². The molecule has 0 saturated carbocycles. The number of para-hydroxylation sites is 1. The maximum Gasteiger partial charge on any atom is 0.281 e. The molecule has 32 heavy (non-hydrogen) atoms. The van der Waals surface area contributed by atoms with Crippen molar-refractivity contribution in [2.45, 2.75) is 25.0 Å². The van der Waals surface area contributed by atoms with Gasteiger partial charge in [-0.1, -0.05) is 48.5 Å². The summed E-state index contributed by atoms with van der Waals surface area (Å²) in [6.07, 6.45) is 3.91. The largest absolute Gasteiger partial charge is 0.492 e. The molecule has 0 aliphatic carbocycles. The van der Waals surface area contributed by atoms with Gasteiger partial charge in [-0.15, -0.1) is 0 Å². The van der Waals surface area contributed by atoms with E-state index < -0.39 is 5.72 Å². The number of nitrogens with zero attached hydrogens (tertiary/aromatic N) is 2. The second-order valence-corrected chi connectivity index (χ2v) is 8.68. The predicted octanol–water partition coefficient (Wildman–Crippen LogP) is 5.80. The zero-order valence-electron chi connectivity index (χ0n) is 18.5. The van der Waals surface area contributed by atoms with Crippen molar-refractivity contribution in [3.05, 3.63) is 88.0 Å². The molecule has 1 unspecified atom stereocenters. The molecule has 2 aliphatic heterocycles. The van der Waals surface area contributed by atoms with Gasteiger partial charge in [-0.3, -0.25) is 10.1 Å². The molecule has 0 fully saturated rings. The fourth-order valence-electron chi connectivity index (χ4n) is 5.09. The molecule has 1 atom stereocenters. The minimum Gasteiger partial charge on any atom is -0.492 e. The summed E-state index contributed by atoms with van der Waals surface area (Å²) in [4.78, 5) is 13.7. The Hall–Kier alpha value is -3.80. The van der Waals surface area contributed by atoms with Gasteiger partial charge >= 0.3 is 0 Å². The van der Waals surface area contributed by atoms with Crippen LogP contribution >= 0.6 is 0 Å². The molecule has 1 spiro atoms. The summed E-state index contributed by atoms with van der Waals surface area (Å²) >= 11 is 0. The summed E-state index contributed by atoms with van der Waals surface area (Å²) in [5.41, 5.74) is 2.81. The summed E-state index contributed by atoms with van der Waals surface area (Å²) < 4.78 is 12.6. The Labute approximate surface area is 186 Å². The van der Waals surface area contributed by atoms with Crippen molar-refractivity contribution in [2.24, 2.45) is 0 Å². The molecule has 3 aromatic rings. The van der Waals surface area contributed by atoms with Crippen LogP contribution in [0, 0.1) is 10.1 Å². The summed E-state index contributed by atoms with van der Waals surface area (Å²) in [5.74, 6) is 0.872. The van der Waals surface area contributed by atoms with E-state index in [0.717, 1.165) is 5.69 Å². The summed E-state index contributed by atoms with van der Waals surface area (Å²) in [7, 11) is 3.54. The van der Waals surface area contributed by atoms with Gasteiger partial charge < -0.3 is 14.4 Å². The Balaban J connectivity index is 1.76. The number of likely N-dealkylation sites (N-methyl/N-ethyl adjacent to an activating group) is 1. The van der Waals surface area contributed by atoms with Crippen molar-refractivity contribution in [1.29, 1.82) is 0 Å². The number of hydrogen-bond donors (Lipinski definition) is 0. The zero-order chi connectivity index (χ0) is 22.7. The second kappa shape index (κ2) is 6.85. The van der Waals surface area contributed by atoms with Crippen molar-refractivity contribution in [2.75, 3.05) is 19.1 Å². The molecule has 2 heterocycles. The average molecular weight is 428 g/mol. The van der Waals surface area contributed by atoms with Gasteiger partial charge in [-0.05, 0) is 43.2 Å². The van der Waals surface area contributed by atoms with Crippen molar-refractivity contribution in [1.82, 2.24) is 0 Å². The minimum atomic E-state index is -0.805. The van der Waals surface area contributed by atoms with Gasteiger partial charge in [0.15, 0.2) is 11.5 Å². The number of benzene rings is 3. The summed E-state index contributed by atoms with van der Waals surface area (Å²) in [6.45, 7) is 4.31. The Morgan fingerprint density at radius 1 is 1.06 bits per heavy atom. The van der Waals surface area contributed by atoms with Gasteiger partial charge in [0, 0.05) is 24.4 Å². The predicted molar refractivity (Wildman–Crippen MR) is 125 cm³/mol. The topological polar surface area (TPSA) is 64.8 Å². The Bertz CT molecular complexity index is 1270. The van der Waals surface area contributed by atoms with Crippen molar-refractivity contribution >= 4 is 17.5 Å². The van der Waals surface area contributed by atoms with Crippen LogP contribution in [0.25, 0.3) is 17.2 Å². The number of anilines is 1. The Morgan fingerprint density at radius 3 is 2.41 bits per heavy atom. The fraction of sp³-hybridized carbons (Fsp3) is 0.231. The van der Waals surface area contributed by atoms with Crippen LogP contribution in [0.1, 0.15) is 25.0 Å². The van der Waals surface area contributed by atoms with E-state index in [-0.39, 0.29) is 16.0 Å². The number of rotatable bonds is 3. The van der Waals surface area contributed by atoms with E-state index in [1.54, 1.807) is 6.07 Å². The third-order valence-electron chi connectivity index (χ3n) is 6.79. The lowest BCUT2D eigenvalue weighted by atomic mass is 9.76. The minimum absolute atomic E-state index is 0.0154. The Morgan fingerprint density at radius 2 is 1.75 bits per heavy atom. The molecule has 5 rings (SSSR count). The third kappa shape index (κ3) is 2.52. The van der Waals surface area contributed by atoms with Gasteiger partial charge in [0.2, 0.25) is 5.72 Å². The van der Waals surface area contributed by atoms with Gasteiger partial charge in [-0.25, -0.2) is 0 Å². The molecule has 162 valence electrons. The quantitative estimate of drug-likeness (QED) is 0.390. The van der Waals surface area contributed by atoms with E-state index in [2.05, 4.69) is 30.9 Å². The first-order valence-electron chi connectivity index (χ1n) is 10.5.